The Morgan fingerprint density at radius 1 is 1.36 bits per heavy atom. The van der Waals surface area contributed by atoms with Crippen LogP contribution in [-0.2, 0) is 0 Å². The number of hydrogen-bond donors (Lipinski definition) is 1. The summed E-state index contributed by atoms with van der Waals surface area (Å²) in [4.78, 5) is 0. The molecular weight excluding hydrogens is 198 g/mol. The van der Waals surface area contributed by atoms with Crippen molar-refractivity contribution in [2.45, 2.75) is 13.8 Å². The van der Waals surface area contributed by atoms with Crippen LogP contribution in [0, 0.1) is 13.8 Å². The molecule has 0 saturated carbocycles. The minimum absolute atomic E-state index is 0.480. The van der Waals surface area contributed by atoms with Gasteiger partial charge in [0.25, 0.3) is 0 Å². The summed E-state index contributed by atoms with van der Waals surface area (Å²) in [5.74, 6) is 0.853. The molecule has 0 bridgehead atoms. The summed E-state index contributed by atoms with van der Waals surface area (Å²) >= 11 is 5.38. The van der Waals surface area contributed by atoms with Gasteiger partial charge in [-0.3, -0.25) is 0 Å². The van der Waals surface area contributed by atoms with E-state index in [2.05, 4.69) is 0 Å². The molecule has 0 aliphatic heterocycles. The fourth-order valence-electron chi connectivity index (χ4n) is 1.14. The van der Waals surface area contributed by atoms with Crippen molar-refractivity contribution in [2.24, 2.45) is 0 Å². The first-order chi connectivity index (χ1) is 6.65. The second-order valence-electron chi connectivity index (χ2n) is 3.15. The molecule has 0 unspecified atom stereocenters. The quantitative estimate of drug-likeness (QED) is 0.781. The van der Waals surface area contributed by atoms with Crippen molar-refractivity contribution < 1.29 is 4.74 Å². The summed E-state index contributed by atoms with van der Waals surface area (Å²) in [5, 5.41) is 0. The topological polar surface area (TPSA) is 35.2 Å². The first-order valence-electron chi connectivity index (χ1n) is 4.40. The Bertz CT molecular complexity index is 347. The molecule has 2 nitrogen and oxygen atoms in total. The monoisotopic (exact) mass is 211 g/mol. The van der Waals surface area contributed by atoms with E-state index in [9.17, 15) is 0 Å². The van der Waals surface area contributed by atoms with Crippen LogP contribution in [0.3, 0.4) is 0 Å². The van der Waals surface area contributed by atoms with Gasteiger partial charge in [-0.05, 0) is 43.2 Å². The molecule has 76 valence electrons. The molecule has 0 heterocycles. The van der Waals surface area contributed by atoms with Gasteiger partial charge in [-0.1, -0.05) is 11.6 Å². The Balaban J connectivity index is 2.81. The van der Waals surface area contributed by atoms with Gasteiger partial charge < -0.3 is 10.5 Å². The zero-order valence-electron chi connectivity index (χ0n) is 8.38. The zero-order valence-corrected chi connectivity index (χ0v) is 9.14. The zero-order chi connectivity index (χ0) is 10.6. The van der Waals surface area contributed by atoms with Crippen molar-refractivity contribution in [3.63, 3.8) is 0 Å². The first-order valence-corrected chi connectivity index (χ1v) is 4.83. The number of halogens is 1. The minimum atomic E-state index is 0.480. The van der Waals surface area contributed by atoms with Gasteiger partial charge in [0.1, 0.15) is 12.4 Å². The van der Waals surface area contributed by atoms with Crippen LogP contribution < -0.4 is 10.5 Å². The third-order valence-corrected chi connectivity index (χ3v) is 2.17. The number of nitrogens with two attached hydrogens (primary N) is 1. The van der Waals surface area contributed by atoms with E-state index in [0.717, 1.165) is 22.6 Å². The number of rotatable bonds is 3. The molecule has 2 N–H and O–H groups in total. The highest BCUT2D eigenvalue weighted by Crippen LogP contribution is 2.24. The second-order valence-corrected chi connectivity index (χ2v) is 3.40. The van der Waals surface area contributed by atoms with Crippen LogP contribution in [0.25, 0.3) is 0 Å². The lowest BCUT2D eigenvalue weighted by Gasteiger charge is -2.09. The van der Waals surface area contributed by atoms with E-state index in [-0.39, 0.29) is 0 Å². The lowest BCUT2D eigenvalue weighted by molar-refractivity contribution is 0.360. The third-order valence-electron chi connectivity index (χ3n) is 1.99. The highest BCUT2D eigenvalue weighted by molar-refractivity contribution is 6.25. The predicted molar refractivity (Wildman–Crippen MR) is 60.8 cm³/mol. The number of nitrogen functional groups attached to an aromatic ring is 1. The van der Waals surface area contributed by atoms with E-state index >= 15 is 0 Å². The Labute approximate surface area is 89.3 Å². The normalized spacial score (nSPS) is 10.8. The summed E-state index contributed by atoms with van der Waals surface area (Å²) in [6.45, 7) is 4.41. The molecule has 0 amide bonds. The molecule has 3 heteroatoms. The number of aryl methyl sites for hydroxylation is 2. The molecule has 0 atom stereocenters. The molecule has 0 radical (unpaired) electrons. The first kappa shape index (κ1) is 10.9. The fraction of sp³-hybridized carbons (Fsp3) is 0.273. The van der Waals surface area contributed by atoms with Crippen molar-refractivity contribution in [1.29, 1.82) is 0 Å². The van der Waals surface area contributed by atoms with Crippen LogP contribution >= 0.6 is 11.6 Å². The van der Waals surface area contributed by atoms with E-state index < -0.39 is 0 Å². The van der Waals surface area contributed by atoms with Crippen LogP contribution in [0.5, 0.6) is 5.75 Å². The minimum Gasteiger partial charge on any atom is -0.489 e. The van der Waals surface area contributed by atoms with Crippen LogP contribution in [-0.4, -0.2) is 6.61 Å². The largest absolute Gasteiger partial charge is 0.489 e. The number of hydrogen-bond acceptors (Lipinski definition) is 2. The van der Waals surface area contributed by atoms with Crippen LogP contribution in [0.1, 0.15) is 11.1 Å². The van der Waals surface area contributed by atoms with Gasteiger partial charge in [0.15, 0.2) is 0 Å². The molecule has 0 fully saturated rings. The predicted octanol–water partition coefficient (Wildman–Crippen LogP) is 3.02. The van der Waals surface area contributed by atoms with E-state index in [0.29, 0.717) is 6.61 Å². The molecular formula is C11H14ClNO. The van der Waals surface area contributed by atoms with Crippen LogP contribution in [0.4, 0.5) is 5.69 Å². The van der Waals surface area contributed by atoms with Gasteiger partial charge in [-0.25, -0.2) is 0 Å². The summed E-state index contributed by atoms with van der Waals surface area (Å²) < 4.78 is 5.49. The molecule has 0 saturated heterocycles. The maximum Gasteiger partial charge on any atom is 0.123 e. The van der Waals surface area contributed by atoms with Crippen molar-refractivity contribution in [1.82, 2.24) is 0 Å². The maximum absolute atomic E-state index is 5.75. The lowest BCUT2D eigenvalue weighted by Crippen LogP contribution is -1.98. The van der Waals surface area contributed by atoms with Crippen molar-refractivity contribution in [3.8, 4) is 5.75 Å². The molecule has 1 aromatic carbocycles. The standard InChI is InChI=1S/C11H14ClNO/c1-8-7-11(14-5-3-4-12)9(2)6-10(8)13/h3-4,6-7H,5,13H2,1-2H3/b4-3+. The smallest absolute Gasteiger partial charge is 0.123 e. The maximum atomic E-state index is 5.75. The van der Waals surface area contributed by atoms with E-state index in [1.807, 2.05) is 26.0 Å². The number of benzene rings is 1. The Hall–Kier alpha value is -1.15. The Morgan fingerprint density at radius 3 is 2.71 bits per heavy atom. The van der Waals surface area contributed by atoms with E-state index in [1.165, 1.54) is 5.54 Å². The van der Waals surface area contributed by atoms with Gasteiger partial charge in [-0.15, -0.1) is 0 Å². The Kier molecular flexibility index (Phi) is 3.84. The molecule has 0 aliphatic rings. The van der Waals surface area contributed by atoms with E-state index in [4.69, 9.17) is 22.1 Å². The second kappa shape index (κ2) is 4.91. The highest BCUT2D eigenvalue weighted by atomic mass is 35.5. The molecule has 14 heavy (non-hydrogen) atoms. The average Bonchev–Trinajstić information content (AvgIpc) is 2.14. The van der Waals surface area contributed by atoms with Crippen molar-refractivity contribution in [2.75, 3.05) is 12.3 Å². The van der Waals surface area contributed by atoms with Crippen molar-refractivity contribution in [3.05, 3.63) is 34.9 Å². The average molecular weight is 212 g/mol. The molecule has 0 spiro atoms. The van der Waals surface area contributed by atoms with Gasteiger partial charge in [-0.2, -0.15) is 0 Å². The highest BCUT2D eigenvalue weighted by Gasteiger charge is 2.02. The summed E-state index contributed by atoms with van der Waals surface area (Å²) in [5.41, 5.74) is 10.1. The van der Waals surface area contributed by atoms with E-state index in [1.54, 1.807) is 6.08 Å². The van der Waals surface area contributed by atoms with Gasteiger partial charge in [0.2, 0.25) is 0 Å². The molecule has 1 aromatic rings. The van der Waals surface area contributed by atoms with Crippen LogP contribution in [0.15, 0.2) is 23.7 Å². The van der Waals surface area contributed by atoms with Gasteiger partial charge >= 0.3 is 0 Å². The summed E-state index contributed by atoms with van der Waals surface area (Å²) in [6.07, 6.45) is 1.74. The summed E-state index contributed by atoms with van der Waals surface area (Å²) in [7, 11) is 0. The Morgan fingerprint density at radius 2 is 2.07 bits per heavy atom. The van der Waals surface area contributed by atoms with Crippen molar-refractivity contribution >= 4 is 17.3 Å². The lowest BCUT2D eigenvalue weighted by atomic mass is 10.1. The van der Waals surface area contributed by atoms with Crippen LogP contribution in [0.2, 0.25) is 0 Å². The van der Waals surface area contributed by atoms with Gasteiger partial charge in [0, 0.05) is 11.2 Å². The molecule has 1 rings (SSSR count). The third kappa shape index (κ3) is 2.67. The number of ether oxygens (including phenoxy) is 1. The molecule has 0 aromatic heterocycles. The molecule has 0 aliphatic carbocycles. The number of anilines is 1. The fourth-order valence-corrected chi connectivity index (χ4v) is 1.21. The van der Waals surface area contributed by atoms with Gasteiger partial charge in [0.05, 0.1) is 0 Å². The SMILES string of the molecule is Cc1cc(OC/C=C/Cl)c(C)cc1N. The summed E-state index contributed by atoms with van der Waals surface area (Å²) in [6, 6.07) is 3.85.